The summed E-state index contributed by atoms with van der Waals surface area (Å²) in [6, 6.07) is 7.19. The van der Waals surface area contributed by atoms with Gasteiger partial charge in [-0.15, -0.1) is 0 Å². The molecule has 0 amide bonds. The quantitative estimate of drug-likeness (QED) is 0.722. The molecule has 6 nitrogen and oxygen atoms in total. The van der Waals surface area contributed by atoms with Crippen molar-refractivity contribution in [3.8, 4) is 5.75 Å². The second kappa shape index (κ2) is 5.34. The third kappa shape index (κ3) is 2.47. The third-order valence-electron chi connectivity index (χ3n) is 2.74. The number of anilines is 2. The Kier molecular flexibility index (Phi) is 3.61. The fourth-order valence-electron chi connectivity index (χ4n) is 1.74. The number of nitrogens with two attached hydrogens (primary N) is 1. The van der Waals surface area contributed by atoms with Gasteiger partial charge in [-0.25, -0.2) is 9.97 Å². The van der Waals surface area contributed by atoms with Crippen LogP contribution in [-0.2, 0) is 0 Å². The molecule has 0 saturated heterocycles. The van der Waals surface area contributed by atoms with E-state index in [1.54, 1.807) is 38.4 Å². The van der Waals surface area contributed by atoms with E-state index in [4.69, 9.17) is 15.9 Å². The van der Waals surface area contributed by atoms with Crippen molar-refractivity contribution >= 4 is 17.3 Å². The van der Waals surface area contributed by atoms with Crippen molar-refractivity contribution in [3.05, 3.63) is 41.7 Å². The predicted molar refractivity (Wildman–Crippen MR) is 74.9 cm³/mol. The molecule has 0 unspecified atom stereocenters. The molecule has 1 aromatic heterocycles. The van der Waals surface area contributed by atoms with Crippen molar-refractivity contribution in [3.63, 3.8) is 0 Å². The Labute approximate surface area is 111 Å². The molecule has 4 N–H and O–H groups in total. The minimum absolute atomic E-state index is 0.269. The first kappa shape index (κ1) is 12.8. The van der Waals surface area contributed by atoms with E-state index < -0.39 is 0 Å². The van der Waals surface area contributed by atoms with Gasteiger partial charge >= 0.3 is 0 Å². The van der Waals surface area contributed by atoms with Crippen molar-refractivity contribution < 1.29 is 4.74 Å². The highest BCUT2D eigenvalue weighted by Gasteiger charge is 2.15. The highest BCUT2D eigenvalue weighted by atomic mass is 16.5. The maximum Gasteiger partial charge on any atom is 0.140 e. The molecule has 1 heterocycles. The molecule has 1 aromatic carbocycles. The van der Waals surface area contributed by atoms with Gasteiger partial charge < -0.3 is 15.8 Å². The van der Waals surface area contributed by atoms with E-state index in [1.165, 1.54) is 6.33 Å². The molecule has 0 atom stereocenters. The van der Waals surface area contributed by atoms with Gasteiger partial charge in [-0.1, -0.05) is 0 Å². The number of aromatic nitrogens is 2. The summed E-state index contributed by atoms with van der Waals surface area (Å²) in [5, 5.41) is 11.2. The molecule has 19 heavy (non-hydrogen) atoms. The summed E-state index contributed by atoms with van der Waals surface area (Å²) in [5.41, 5.74) is 7.32. The zero-order valence-corrected chi connectivity index (χ0v) is 10.8. The largest absolute Gasteiger partial charge is 0.497 e. The van der Waals surface area contributed by atoms with Crippen LogP contribution in [0.25, 0.3) is 0 Å². The Morgan fingerprint density at radius 3 is 2.53 bits per heavy atom. The third-order valence-corrected chi connectivity index (χ3v) is 2.74. The number of methoxy groups -OCH3 is 1. The number of rotatable bonds is 4. The summed E-state index contributed by atoms with van der Waals surface area (Å²) >= 11 is 0. The first-order chi connectivity index (χ1) is 9.17. The number of hydrogen-bond acceptors (Lipinski definition) is 6. The lowest BCUT2D eigenvalue weighted by atomic mass is 10.0. The molecule has 0 fully saturated rings. The molecule has 2 rings (SSSR count). The maximum atomic E-state index is 8.24. The number of nitrogens with one attached hydrogen (secondary N) is 2. The summed E-state index contributed by atoms with van der Waals surface area (Å²) in [7, 11) is 3.33. The molecular formula is C13H15N5O. The Hall–Kier alpha value is -2.63. The zero-order valence-electron chi connectivity index (χ0n) is 10.8. The number of nitrogens with zero attached hydrogens (tertiary/aromatic N) is 2. The minimum atomic E-state index is 0.269. The van der Waals surface area contributed by atoms with Crippen molar-refractivity contribution in [2.45, 2.75) is 0 Å². The van der Waals surface area contributed by atoms with Crippen LogP contribution in [0.4, 0.5) is 11.6 Å². The second-order valence-electron chi connectivity index (χ2n) is 3.84. The van der Waals surface area contributed by atoms with Gasteiger partial charge in [0.05, 0.1) is 18.4 Å². The van der Waals surface area contributed by atoms with Gasteiger partial charge in [-0.3, -0.25) is 5.41 Å². The molecule has 6 heteroatoms. The SMILES string of the molecule is CNc1ncnc(N)c1C(=N)c1ccc(OC)cc1. The topological polar surface area (TPSA) is 96.9 Å². The van der Waals surface area contributed by atoms with Crippen molar-refractivity contribution in [1.82, 2.24) is 9.97 Å². The minimum Gasteiger partial charge on any atom is -0.497 e. The smallest absolute Gasteiger partial charge is 0.140 e. The van der Waals surface area contributed by atoms with Gasteiger partial charge in [-0.05, 0) is 24.3 Å². The van der Waals surface area contributed by atoms with E-state index in [0.717, 1.165) is 11.3 Å². The Morgan fingerprint density at radius 1 is 1.26 bits per heavy atom. The van der Waals surface area contributed by atoms with Crippen molar-refractivity contribution in [2.75, 3.05) is 25.2 Å². The molecule has 0 aliphatic carbocycles. The van der Waals surface area contributed by atoms with Gasteiger partial charge in [-0.2, -0.15) is 0 Å². The van der Waals surface area contributed by atoms with E-state index in [2.05, 4.69) is 15.3 Å². The van der Waals surface area contributed by atoms with Crippen LogP contribution >= 0.6 is 0 Å². The van der Waals surface area contributed by atoms with Crippen LogP contribution < -0.4 is 15.8 Å². The van der Waals surface area contributed by atoms with Crippen molar-refractivity contribution in [1.29, 1.82) is 5.41 Å². The normalized spacial score (nSPS) is 10.0. The predicted octanol–water partition coefficient (Wildman–Crippen LogP) is 1.53. The summed E-state index contributed by atoms with van der Waals surface area (Å²) in [5.74, 6) is 1.55. The van der Waals surface area contributed by atoms with Crippen LogP contribution in [0.3, 0.4) is 0 Å². The van der Waals surface area contributed by atoms with Crippen LogP contribution in [0, 0.1) is 5.41 Å². The molecular weight excluding hydrogens is 242 g/mol. The van der Waals surface area contributed by atoms with Crippen LogP contribution in [0.15, 0.2) is 30.6 Å². The number of hydrogen-bond donors (Lipinski definition) is 3. The van der Waals surface area contributed by atoms with Crippen LogP contribution in [0.2, 0.25) is 0 Å². The summed E-state index contributed by atoms with van der Waals surface area (Å²) < 4.78 is 5.09. The molecule has 0 aliphatic heterocycles. The van der Waals surface area contributed by atoms with Gasteiger partial charge in [0.2, 0.25) is 0 Å². The van der Waals surface area contributed by atoms with E-state index in [0.29, 0.717) is 11.4 Å². The summed E-state index contributed by atoms with van der Waals surface area (Å²) in [4.78, 5) is 8.00. The average Bonchev–Trinajstić information content (AvgIpc) is 2.46. The first-order valence-electron chi connectivity index (χ1n) is 5.69. The van der Waals surface area contributed by atoms with E-state index in [1.807, 2.05) is 0 Å². The van der Waals surface area contributed by atoms with Crippen LogP contribution in [0.5, 0.6) is 5.75 Å². The van der Waals surface area contributed by atoms with Gasteiger partial charge in [0.1, 0.15) is 23.7 Å². The fraction of sp³-hybridized carbons (Fsp3) is 0.154. The van der Waals surface area contributed by atoms with E-state index in [-0.39, 0.29) is 11.5 Å². The Morgan fingerprint density at radius 2 is 1.95 bits per heavy atom. The molecule has 0 radical (unpaired) electrons. The molecule has 0 spiro atoms. The lowest BCUT2D eigenvalue weighted by Gasteiger charge is -2.11. The lowest BCUT2D eigenvalue weighted by Crippen LogP contribution is -2.12. The van der Waals surface area contributed by atoms with E-state index in [9.17, 15) is 0 Å². The summed E-state index contributed by atoms with van der Waals surface area (Å²) in [6.45, 7) is 0. The van der Waals surface area contributed by atoms with Crippen LogP contribution in [0.1, 0.15) is 11.1 Å². The zero-order chi connectivity index (χ0) is 13.8. The maximum absolute atomic E-state index is 8.24. The number of nitrogen functional groups attached to an aromatic ring is 1. The monoisotopic (exact) mass is 257 g/mol. The highest BCUT2D eigenvalue weighted by molar-refractivity contribution is 6.16. The van der Waals surface area contributed by atoms with Crippen LogP contribution in [-0.4, -0.2) is 29.8 Å². The van der Waals surface area contributed by atoms with E-state index >= 15 is 0 Å². The number of ether oxygens (including phenoxy) is 1. The molecule has 0 saturated carbocycles. The molecule has 2 aromatic rings. The highest BCUT2D eigenvalue weighted by Crippen LogP contribution is 2.22. The van der Waals surface area contributed by atoms with Gasteiger partial charge in [0.15, 0.2) is 0 Å². The average molecular weight is 257 g/mol. The fourth-order valence-corrected chi connectivity index (χ4v) is 1.74. The molecule has 0 bridgehead atoms. The number of benzene rings is 1. The molecule has 0 aliphatic rings. The van der Waals surface area contributed by atoms with Gasteiger partial charge in [0.25, 0.3) is 0 Å². The molecule has 98 valence electrons. The second-order valence-corrected chi connectivity index (χ2v) is 3.84. The first-order valence-corrected chi connectivity index (χ1v) is 5.69. The standard InChI is InChI=1S/C13H15N5O/c1-16-13-10(12(15)17-7-18-13)11(14)8-3-5-9(19-2)6-4-8/h3-7,14H,1-2H3,(H3,15,16,17,18). The summed E-state index contributed by atoms with van der Waals surface area (Å²) in [6.07, 6.45) is 1.37. The van der Waals surface area contributed by atoms with Crippen molar-refractivity contribution in [2.24, 2.45) is 0 Å². The lowest BCUT2D eigenvalue weighted by molar-refractivity contribution is 0.415. The Bertz CT molecular complexity index is 594. The Balaban J connectivity index is 2.43. The van der Waals surface area contributed by atoms with Gasteiger partial charge in [0, 0.05) is 12.6 Å².